The maximum Gasteiger partial charge on any atom is 0.331 e. The molecule has 0 aromatic carbocycles. The van der Waals surface area contributed by atoms with Crippen molar-refractivity contribution in [1.29, 1.82) is 0 Å². The van der Waals surface area contributed by atoms with E-state index in [0.29, 0.717) is 18.8 Å². The Hall–Kier alpha value is -1.27. The molecular weight excluding hydrogens is 716 g/mol. The van der Waals surface area contributed by atoms with Crippen molar-refractivity contribution in [1.82, 2.24) is 0 Å². The van der Waals surface area contributed by atoms with Crippen LogP contribution in [0.25, 0.3) is 0 Å². The zero-order valence-corrected chi connectivity index (χ0v) is 32.9. The van der Waals surface area contributed by atoms with Crippen molar-refractivity contribution in [3.05, 3.63) is 11.6 Å². The van der Waals surface area contributed by atoms with Gasteiger partial charge in [0, 0.05) is 30.8 Å². The smallest absolute Gasteiger partial charge is 0.331 e. The van der Waals surface area contributed by atoms with Crippen LogP contribution in [-0.2, 0) is 38.0 Å². The van der Waals surface area contributed by atoms with Crippen molar-refractivity contribution >= 4 is 5.97 Å². The molecule has 4 saturated carbocycles. The van der Waals surface area contributed by atoms with Crippen molar-refractivity contribution < 1.29 is 68.6 Å². The van der Waals surface area contributed by atoms with E-state index in [0.717, 1.165) is 44.1 Å². The van der Waals surface area contributed by atoms with Gasteiger partial charge in [-0.2, -0.15) is 0 Å². The second kappa shape index (κ2) is 15.1. The maximum absolute atomic E-state index is 12.6. The van der Waals surface area contributed by atoms with Gasteiger partial charge < -0.3 is 63.8 Å². The first-order chi connectivity index (χ1) is 26.0. The minimum atomic E-state index is -1.01. The third-order valence-corrected chi connectivity index (χ3v) is 16.0. The van der Waals surface area contributed by atoms with Crippen molar-refractivity contribution in [2.75, 3.05) is 6.61 Å². The Balaban J connectivity index is 0.837. The van der Waals surface area contributed by atoms with Gasteiger partial charge in [0.1, 0.15) is 24.9 Å². The fourth-order valence-corrected chi connectivity index (χ4v) is 12.8. The van der Waals surface area contributed by atoms with Crippen LogP contribution in [0.4, 0.5) is 0 Å². The lowest BCUT2D eigenvalue weighted by atomic mass is 9.42. The van der Waals surface area contributed by atoms with Crippen molar-refractivity contribution in [2.24, 2.45) is 34.5 Å². The first-order valence-corrected chi connectivity index (χ1v) is 20.9. The summed E-state index contributed by atoms with van der Waals surface area (Å²) < 4.78 is 42.1. The monoisotopic (exact) mass is 780 g/mol. The highest BCUT2D eigenvalue weighted by Gasteiger charge is 2.71. The molecule has 0 radical (unpaired) electrons. The van der Waals surface area contributed by atoms with E-state index >= 15 is 0 Å². The second-order valence-electron chi connectivity index (χ2n) is 18.8. The number of cyclic esters (lactones) is 1. The molecular formula is C41H64O14. The number of carbonyl (C=O) groups excluding carboxylic acids is 1. The van der Waals surface area contributed by atoms with E-state index in [9.17, 15) is 35.4 Å². The van der Waals surface area contributed by atoms with E-state index in [2.05, 4.69) is 6.92 Å². The molecule has 0 aromatic heterocycles. The lowest BCUT2D eigenvalue weighted by molar-refractivity contribution is -0.336. The highest BCUT2D eigenvalue weighted by molar-refractivity contribution is 5.85. The zero-order valence-electron chi connectivity index (χ0n) is 32.9. The first-order valence-electron chi connectivity index (χ1n) is 20.9. The number of hydrogen-bond donors (Lipinski definition) is 6. The molecule has 14 heteroatoms. The van der Waals surface area contributed by atoms with Gasteiger partial charge in [-0.3, -0.25) is 0 Å². The normalized spacial score (nSPS) is 55.5. The van der Waals surface area contributed by atoms with E-state index in [1.54, 1.807) is 19.9 Å². The average Bonchev–Trinajstić information content (AvgIpc) is 3.67. The molecule has 0 amide bonds. The van der Waals surface area contributed by atoms with Crippen LogP contribution in [0, 0.1) is 34.5 Å². The Morgan fingerprint density at radius 2 is 1.29 bits per heavy atom. The van der Waals surface area contributed by atoms with Gasteiger partial charge in [0.05, 0.1) is 54.4 Å². The predicted molar refractivity (Wildman–Crippen MR) is 193 cm³/mol. The highest BCUT2D eigenvalue weighted by atomic mass is 16.7. The summed E-state index contributed by atoms with van der Waals surface area (Å²) in [6, 6.07) is 0. The molecule has 4 aliphatic carbocycles. The maximum atomic E-state index is 12.6. The fourth-order valence-electron chi connectivity index (χ4n) is 12.8. The standard InChI is InChI=1S/C41H64O14/c1-19-36(47)28(42)15-34(50-19)54-38-21(3)52-35(17-30(38)44)55-37-20(2)51-33(16-29(37)43)53-24-8-10-39(4)23(13-24)6-7-26-27(39)14-31(45)40(5)25(9-11-41(26,40)48)22-12-32(46)49-18-22/h12,19-21,23-31,33-38,42-45,47-48H,6-11,13-18H2,1-5H3/t19?,20?,21?,23?,24?,25?,26?,27?,28?,29?,30?,31?,33?,34?,35?,36?,37?,38?,39-,40-,41-/m0/s1. The molecule has 4 heterocycles. The predicted octanol–water partition coefficient (Wildman–Crippen LogP) is 2.22. The number of hydrogen-bond acceptors (Lipinski definition) is 14. The summed E-state index contributed by atoms with van der Waals surface area (Å²) in [7, 11) is 0. The second-order valence-corrected chi connectivity index (χ2v) is 18.8. The third-order valence-electron chi connectivity index (χ3n) is 16.0. The topological polar surface area (TPSA) is 203 Å². The van der Waals surface area contributed by atoms with Gasteiger partial charge in [-0.25, -0.2) is 4.79 Å². The van der Waals surface area contributed by atoms with Crippen LogP contribution >= 0.6 is 0 Å². The van der Waals surface area contributed by atoms with Gasteiger partial charge in [-0.15, -0.1) is 0 Å². The quantitative estimate of drug-likeness (QED) is 0.162. The molecule has 14 nitrogen and oxygen atoms in total. The first kappa shape index (κ1) is 40.5. The number of esters is 1. The summed E-state index contributed by atoms with van der Waals surface area (Å²) in [4.78, 5) is 11.9. The molecule has 0 bridgehead atoms. The van der Waals surface area contributed by atoms with Crippen LogP contribution in [0.5, 0.6) is 0 Å². The third kappa shape index (κ3) is 6.95. The molecule has 6 N–H and O–H groups in total. The van der Waals surface area contributed by atoms with Gasteiger partial charge in [0.25, 0.3) is 0 Å². The average molecular weight is 781 g/mol. The molecule has 312 valence electrons. The summed E-state index contributed by atoms with van der Waals surface area (Å²) in [5.41, 5.74) is -0.892. The largest absolute Gasteiger partial charge is 0.458 e. The molecule has 0 spiro atoms. The molecule has 8 aliphatic rings. The Morgan fingerprint density at radius 3 is 1.87 bits per heavy atom. The molecule has 3 saturated heterocycles. The van der Waals surface area contributed by atoms with E-state index < -0.39 is 90.9 Å². The van der Waals surface area contributed by atoms with Crippen LogP contribution in [0.1, 0.15) is 105 Å². The van der Waals surface area contributed by atoms with Crippen LogP contribution < -0.4 is 0 Å². The minimum absolute atomic E-state index is 0.0452. The zero-order chi connectivity index (χ0) is 39.2. The van der Waals surface area contributed by atoms with Gasteiger partial charge in [-0.05, 0) is 107 Å². The fraction of sp³-hybridized carbons (Fsp3) is 0.927. The molecule has 0 aromatic rings. The lowest BCUT2D eigenvalue weighted by Crippen LogP contribution is -2.67. The van der Waals surface area contributed by atoms with Crippen molar-refractivity contribution in [3.63, 3.8) is 0 Å². The number of aliphatic hydroxyl groups excluding tert-OH is 5. The number of rotatable bonds is 7. The molecule has 4 aliphatic heterocycles. The number of fused-ring (bicyclic) bond motifs is 5. The van der Waals surface area contributed by atoms with Crippen LogP contribution in [0.3, 0.4) is 0 Å². The number of carbonyl (C=O) groups is 1. The lowest BCUT2D eigenvalue weighted by Gasteiger charge is -2.65. The van der Waals surface area contributed by atoms with E-state index in [1.165, 1.54) is 0 Å². The van der Waals surface area contributed by atoms with Crippen LogP contribution in [0.2, 0.25) is 0 Å². The van der Waals surface area contributed by atoms with Crippen molar-refractivity contribution in [3.8, 4) is 0 Å². The SMILES string of the molecule is CC1OC(OC2C(O)CC(OC3C(O)CC(OC4CC[C@@]5(C)C(CCC6C5CC(O)[C@]5(C)C(C7=CC(=O)OC7)CC[C@]65O)C4)OC3C)OC2C)CC(O)C1O. The van der Waals surface area contributed by atoms with Gasteiger partial charge in [-0.1, -0.05) is 13.8 Å². The summed E-state index contributed by atoms with van der Waals surface area (Å²) in [6.45, 7) is 9.90. The Morgan fingerprint density at radius 1 is 0.691 bits per heavy atom. The van der Waals surface area contributed by atoms with Crippen molar-refractivity contribution in [2.45, 2.75) is 197 Å². The Bertz CT molecular complexity index is 1410. The summed E-state index contributed by atoms with van der Waals surface area (Å²) in [5.74, 6) is 0.204. The van der Waals surface area contributed by atoms with Crippen LogP contribution in [0.15, 0.2) is 11.6 Å². The van der Waals surface area contributed by atoms with Gasteiger partial charge >= 0.3 is 5.97 Å². The van der Waals surface area contributed by atoms with Gasteiger partial charge in [0.15, 0.2) is 18.9 Å². The van der Waals surface area contributed by atoms with Crippen LogP contribution in [-0.4, -0.2) is 135 Å². The Labute approximate surface area is 323 Å². The summed E-state index contributed by atoms with van der Waals surface area (Å²) in [6.07, 6.45) is -1.51. The number of aliphatic hydroxyl groups is 6. The molecule has 21 atom stereocenters. The van der Waals surface area contributed by atoms with E-state index in [1.807, 2.05) is 13.8 Å². The molecule has 55 heavy (non-hydrogen) atoms. The van der Waals surface area contributed by atoms with E-state index in [-0.39, 0.29) is 61.1 Å². The summed E-state index contributed by atoms with van der Waals surface area (Å²) in [5, 5.41) is 66.9. The molecule has 8 rings (SSSR count). The van der Waals surface area contributed by atoms with E-state index in [4.69, 9.17) is 33.2 Å². The Kier molecular flexibility index (Phi) is 11.1. The minimum Gasteiger partial charge on any atom is -0.458 e. The van der Waals surface area contributed by atoms with Gasteiger partial charge in [0.2, 0.25) is 0 Å². The molecule has 7 fully saturated rings. The number of ether oxygens (including phenoxy) is 7. The summed E-state index contributed by atoms with van der Waals surface area (Å²) >= 11 is 0. The molecule has 18 unspecified atom stereocenters. The highest BCUT2D eigenvalue weighted by Crippen LogP contribution is 2.70.